The van der Waals surface area contributed by atoms with Gasteiger partial charge in [0.2, 0.25) is 12.7 Å². The average molecular weight is 423 g/mol. The number of nitrogens with one attached hydrogen (secondary N) is 1. The molecule has 2 aliphatic rings. The van der Waals surface area contributed by atoms with Crippen molar-refractivity contribution in [2.45, 2.75) is 38.4 Å². The molecule has 2 aromatic rings. The molecule has 0 spiro atoms. The summed E-state index contributed by atoms with van der Waals surface area (Å²) >= 11 is 6.28. The number of likely N-dealkylation sites (tertiary alicyclic amines) is 1. The fourth-order valence-electron chi connectivity index (χ4n) is 3.73. The van der Waals surface area contributed by atoms with Crippen molar-refractivity contribution < 1.29 is 23.0 Å². The van der Waals surface area contributed by atoms with E-state index < -0.39 is 11.6 Å². The lowest BCUT2D eigenvalue weighted by molar-refractivity contribution is -0.129. The Balaban J connectivity index is 1.31. The van der Waals surface area contributed by atoms with E-state index >= 15 is 0 Å². The van der Waals surface area contributed by atoms with Crippen molar-refractivity contribution in [3.05, 3.63) is 58.1 Å². The van der Waals surface area contributed by atoms with Gasteiger partial charge in [0.25, 0.3) is 0 Å². The highest BCUT2D eigenvalue weighted by Gasteiger charge is 2.31. The Morgan fingerprint density at radius 3 is 2.72 bits per heavy atom. The number of nitrogens with zero attached hydrogens (tertiary/aromatic N) is 1. The summed E-state index contributed by atoms with van der Waals surface area (Å²) in [7, 11) is 0. The fourth-order valence-corrected chi connectivity index (χ4v) is 3.95. The van der Waals surface area contributed by atoms with Crippen molar-refractivity contribution in [1.29, 1.82) is 0 Å². The zero-order valence-corrected chi connectivity index (χ0v) is 16.5. The Kier molecular flexibility index (Phi) is 5.87. The Labute approximate surface area is 172 Å². The highest BCUT2D eigenvalue weighted by molar-refractivity contribution is 6.31. The molecule has 0 aromatic heterocycles. The van der Waals surface area contributed by atoms with Gasteiger partial charge in [-0.3, -0.25) is 4.79 Å². The van der Waals surface area contributed by atoms with E-state index in [4.69, 9.17) is 21.1 Å². The lowest BCUT2D eigenvalue weighted by Gasteiger charge is -2.25. The fraction of sp³-hybridized carbons (Fsp3) is 0.381. The quantitative estimate of drug-likeness (QED) is 0.685. The van der Waals surface area contributed by atoms with Gasteiger partial charge in [-0.1, -0.05) is 17.7 Å². The van der Waals surface area contributed by atoms with E-state index in [1.165, 1.54) is 12.1 Å². The molecule has 29 heavy (non-hydrogen) atoms. The predicted molar refractivity (Wildman–Crippen MR) is 104 cm³/mol. The molecule has 0 bridgehead atoms. The SMILES string of the molecule is O=C1CC[C@@H](CCNCc2cc3c(cc2Cl)OCO3)N1Cc1ccc(F)cc1F. The molecule has 1 saturated heterocycles. The third-order valence-electron chi connectivity index (χ3n) is 5.32. The molecule has 0 unspecified atom stereocenters. The third-order valence-corrected chi connectivity index (χ3v) is 5.67. The number of benzene rings is 2. The maximum atomic E-state index is 14.0. The van der Waals surface area contributed by atoms with Gasteiger partial charge in [-0.15, -0.1) is 0 Å². The highest BCUT2D eigenvalue weighted by Crippen LogP contribution is 2.36. The van der Waals surface area contributed by atoms with E-state index in [-0.39, 0.29) is 25.3 Å². The number of halogens is 3. The molecule has 0 saturated carbocycles. The largest absolute Gasteiger partial charge is 0.454 e. The first kappa shape index (κ1) is 19.9. The molecule has 2 heterocycles. The van der Waals surface area contributed by atoms with E-state index in [0.29, 0.717) is 41.6 Å². The molecular weight excluding hydrogens is 402 g/mol. The Morgan fingerprint density at radius 2 is 1.93 bits per heavy atom. The van der Waals surface area contributed by atoms with Gasteiger partial charge in [0, 0.05) is 48.3 Å². The normalized spacial score (nSPS) is 18.0. The summed E-state index contributed by atoms with van der Waals surface area (Å²) in [6.07, 6.45) is 1.91. The van der Waals surface area contributed by atoms with Crippen LogP contribution in [0.1, 0.15) is 30.4 Å². The number of carbonyl (C=O) groups excluding carboxylic acids is 1. The highest BCUT2D eigenvalue weighted by atomic mass is 35.5. The van der Waals surface area contributed by atoms with E-state index in [2.05, 4.69) is 5.32 Å². The second-order valence-corrected chi connectivity index (χ2v) is 7.62. The zero-order valence-electron chi connectivity index (χ0n) is 15.7. The second kappa shape index (κ2) is 8.55. The van der Waals surface area contributed by atoms with Crippen LogP contribution in [0.25, 0.3) is 0 Å². The summed E-state index contributed by atoms with van der Waals surface area (Å²) in [6, 6.07) is 7.08. The van der Waals surface area contributed by atoms with Crippen molar-refractivity contribution in [2.75, 3.05) is 13.3 Å². The number of ether oxygens (including phenoxy) is 2. The van der Waals surface area contributed by atoms with Crippen LogP contribution in [0.3, 0.4) is 0 Å². The molecule has 1 N–H and O–H groups in total. The molecule has 2 aliphatic heterocycles. The van der Waals surface area contributed by atoms with Crippen molar-refractivity contribution >= 4 is 17.5 Å². The van der Waals surface area contributed by atoms with Crippen LogP contribution in [0, 0.1) is 11.6 Å². The van der Waals surface area contributed by atoms with Gasteiger partial charge in [0.05, 0.1) is 0 Å². The van der Waals surface area contributed by atoms with Gasteiger partial charge >= 0.3 is 0 Å². The van der Waals surface area contributed by atoms with Crippen LogP contribution >= 0.6 is 11.6 Å². The number of fused-ring (bicyclic) bond motifs is 1. The van der Waals surface area contributed by atoms with Crippen LogP contribution in [0.4, 0.5) is 8.78 Å². The van der Waals surface area contributed by atoms with Crippen molar-refractivity contribution in [2.24, 2.45) is 0 Å². The zero-order chi connectivity index (χ0) is 20.4. The summed E-state index contributed by atoms with van der Waals surface area (Å²) in [5, 5.41) is 3.94. The number of carbonyl (C=O) groups is 1. The number of hydrogen-bond donors (Lipinski definition) is 1. The van der Waals surface area contributed by atoms with Crippen molar-refractivity contribution in [1.82, 2.24) is 10.2 Å². The van der Waals surface area contributed by atoms with Crippen LogP contribution in [0.15, 0.2) is 30.3 Å². The maximum Gasteiger partial charge on any atom is 0.231 e. The lowest BCUT2D eigenvalue weighted by Crippen LogP contribution is -2.35. The van der Waals surface area contributed by atoms with Crippen molar-refractivity contribution in [3.8, 4) is 11.5 Å². The van der Waals surface area contributed by atoms with Gasteiger partial charge in [0.15, 0.2) is 11.5 Å². The topological polar surface area (TPSA) is 50.8 Å². The van der Waals surface area contributed by atoms with Gasteiger partial charge < -0.3 is 19.7 Å². The van der Waals surface area contributed by atoms with E-state index in [0.717, 1.165) is 24.5 Å². The summed E-state index contributed by atoms with van der Waals surface area (Å²) in [4.78, 5) is 13.9. The van der Waals surface area contributed by atoms with Gasteiger partial charge in [-0.05, 0) is 37.1 Å². The first-order chi connectivity index (χ1) is 14.0. The summed E-state index contributed by atoms with van der Waals surface area (Å²) in [5.41, 5.74) is 1.23. The van der Waals surface area contributed by atoms with E-state index in [1.54, 1.807) is 11.0 Å². The van der Waals surface area contributed by atoms with Crippen LogP contribution in [-0.4, -0.2) is 30.2 Å². The molecule has 1 atom stereocenters. The minimum Gasteiger partial charge on any atom is -0.454 e. The first-order valence-electron chi connectivity index (χ1n) is 9.53. The minimum atomic E-state index is -0.626. The third kappa shape index (κ3) is 4.46. The molecule has 0 aliphatic carbocycles. The number of hydrogen-bond acceptors (Lipinski definition) is 4. The molecule has 8 heteroatoms. The number of rotatable bonds is 7. The molecule has 5 nitrogen and oxygen atoms in total. The van der Waals surface area contributed by atoms with Crippen LogP contribution < -0.4 is 14.8 Å². The Hall–Kier alpha value is -2.38. The van der Waals surface area contributed by atoms with E-state index in [1.807, 2.05) is 6.07 Å². The Morgan fingerprint density at radius 1 is 1.14 bits per heavy atom. The van der Waals surface area contributed by atoms with Crippen LogP contribution in [0.5, 0.6) is 11.5 Å². The maximum absolute atomic E-state index is 14.0. The smallest absolute Gasteiger partial charge is 0.231 e. The molecule has 2 aromatic carbocycles. The van der Waals surface area contributed by atoms with Crippen LogP contribution in [0.2, 0.25) is 5.02 Å². The lowest BCUT2D eigenvalue weighted by atomic mass is 10.1. The summed E-state index contributed by atoms with van der Waals surface area (Å²) in [5.74, 6) is 0.0745. The monoisotopic (exact) mass is 422 g/mol. The van der Waals surface area contributed by atoms with Gasteiger partial charge in [0.1, 0.15) is 11.6 Å². The van der Waals surface area contributed by atoms with Crippen LogP contribution in [-0.2, 0) is 17.9 Å². The predicted octanol–water partition coefficient (Wildman–Crippen LogP) is 4.02. The minimum absolute atomic E-state index is 0.00228. The van der Waals surface area contributed by atoms with E-state index in [9.17, 15) is 13.6 Å². The number of amides is 1. The average Bonchev–Trinajstić information content (AvgIpc) is 3.27. The van der Waals surface area contributed by atoms with Gasteiger partial charge in [-0.25, -0.2) is 8.78 Å². The first-order valence-corrected chi connectivity index (χ1v) is 9.91. The molecule has 1 amide bonds. The molecule has 0 radical (unpaired) electrons. The molecule has 154 valence electrons. The Bertz CT molecular complexity index is 925. The molecular formula is C21H21ClF2N2O3. The second-order valence-electron chi connectivity index (χ2n) is 7.21. The molecule has 1 fully saturated rings. The molecule has 4 rings (SSSR count). The van der Waals surface area contributed by atoms with Gasteiger partial charge in [-0.2, -0.15) is 0 Å². The summed E-state index contributed by atoms with van der Waals surface area (Å²) < 4.78 is 37.7. The standard InChI is InChI=1S/C21H21ClF2N2O3/c22-17-9-20-19(28-12-29-20)7-14(17)10-25-6-5-16-3-4-21(27)26(16)11-13-1-2-15(23)8-18(13)24/h1-2,7-9,16,25H,3-6,10-12H2/t16-/m0/s1. The summed E-state index contributed by atoms with van der Waals surface area (Å²) in [6.45, 7) is 1.58. The van der Waals surface area contributed by atoms with Crippen molar-refractivity contribution in [3.63, 3.8) is 0 Å².